The first-order chi connectivity index (χ1) is 14.9. The summed E-state index contributed by atoms with van der Waals surface area (Å²) in [5.41, 5.74) is 7.94. The number of nitrogens with two attached hydrogens (primary N) is 1. The van der Waals surface area contributed by atoms with Crippen molar-refractivity contribution in [1.29, 1.82) is 0 Å². The van der Waals surface area contributed by atoms with E-state index in [1.54, 1.807) is 9.80 Å². The Hall–Kier alpha value is -2.85. The van der Waals surface area contributed by atoms with Crippen LogP contribution in [0.2, 0.25) is 0 Å². The monoisotopic (exact) mass is 465 g/mol. The first-order valence-electron chi connectivity index (χ1n) is 9.69. The molecule has 0 aliphatic carbocycles. The van der Waals surface area contributed by atoms with Gasteiger partial charge in [0, 0.05) is 45.7 Å². The summed E-state index contributed by atoms with van der Waals surface area (Å²) >= 11 is 0. The number of nitrogens with one attached hydrogen (secondary N) is 1. The number of aliphatic carboxylic acids is 5. The molecule has 0 amide bonds. The fourth-order valence-electron chi connectivity index (χ4n) is 2.61. The number of hydrazine groups is 1. The van der Waals surface area contributed by atoms with E-state index >= 15 is 0 Å². The van der Waals surface area contributed by atoms with Crippen molar-refractivity contribution in [2.45, 2.75) is 18.9 Å². The molecule has 1 saturated heterocycles. The van der Waals surface area contributed by atoms with Crippen LogP contribution < -0.4 is 11.2 Å². The van der Waals surface area contributed by atoms with E-state index in [0.29, 0.717) is 39.3 Å². The lowest BCUT2D eigenvalue weighted by Gasteiger charge is -2.31. The average Bonchev–Trinajstić information content (AvgIpc) is 2.66. The van der Waals surface area contributed by atoms with Crippen LogP contribution in [0.15, 0.2) is 0 Å². The summed E-state index contributed by atoms with van der Waals surface area (Å²) in [5, 5.41) is 44.4. The second-order valence-electron chi connectivity index (χ2n) is 6.94. The van der Waals surface area contributed by atoms with Gasteiger partial charge in [-0.3, -0.25) is 39.2 Å². The van der Waals surface area contributed by atoms with Gasteiger partial charge in [-0.25, -0.2) is 5.01 Å². The van der Waals surface area contributed by atoms with Crippen molar-refractivity contribution in [3.63, 3.8) is 0 Å². The minimum Gasteiger partial charge on any atom is -0.481 e. The third-order valence-electron chi connectivity index (χ3n) is 4.21. The van der Waals surface area contributed by atoms with E-state index in [1.807, 2.05) is 0 Å². The maximum absolute atomic E-state index is 10.9. The van der Waals surface area contributed by atoms with E-state index < -0.39 is 35.9 Å². The Morgan fingerprint density at radius 1 is 0.719 bits per heavy atom. The zero-order valence-corrected chi connectivity index (χ0v) is 17.6. The van der Waals surface area contributed by atoms with Crippen LogP contribution in [0.1, 0.15) is 12.8 Å². The first kappa shape index (κ1) is 29.1. The maximum atomic E-state index is 10.9. The summed E-state index contributed by atoms with van der Waals surface area (Å²) in [4.78, 5) is 55.7. The third-order valence-corrected chi connectivity index (χ3v) is 4.21. The Morgan fingerprint density at radius 3 is 1.62 bits per heavy atom. The van der Waals surface area contributed by atoms with Crippen LogP contribution in [0, 0.1) is 0 Å². The lowest BCUT2D eigenvalue weighted by molar-refractivity contribution is -0.141. The van der Waals surface area contributed by atoms with Gasteiger partial charge in [0.05, 0.1) is 13.1 Å². The fraction of sp³-hybridized carbons (Fsp3) is 0.706. The van der Waals surface area contributed by atoms with Gasteiger partial charge in [0.2, 0.25) is 0 Å². The molecule has 0 aromatic rings. The standard InChI is InChI=1S/C12H22N4O6.C5H9NO4/c17-10(18)7-14-2-1-13-16(9-12(21)22)6-5-15(4-3-14)8-11(19)20;6-3(5(9)10)1-2-4(7)8/h13H,1-9H2,(H,17,18)(H,19,20)(H,21,22);3H,1-2,6H2,(H,7,8)(H,9,10)/t;3-/m.0/s1. The van der Waals surface area contributed by atoms with Crippen molar-refractivity contribution in [1.82, 2.24) is 20.2 Å². The molecule has 1 fully saturated rings. The average molecular weight is 465 g/mol. The summed E-state index contributed by atoms with van der Waals surface area (Å²) in [7, 11) is 0. The predicted octanol–water partition coefficient (Wildman–Crippen LogP) is -3.07. The molecular weight excluding hydrogens is 434 g/mol. The molecule has 0 aromatic carbocycles. The number of hydrogen-bond donors (Lipinski definition) is 7. The highest BCUT2D eigenvalue weighted by molar-refractivity contribution is 5.74. The summed E-state index contributed by atoms with van der Waals surface area (Å²) in [5.74, 6) is -5.11. The Balaban J connectivity index is 0.000000809. The van der Waals surface area contributed by atoms with E-state index in [-0.39, 0.29) is 32.5 Å². The molecule has 1 aliphatic heterocycles. The van der Waals surface area contributed by atoms with Crippen LogP contribution in [0.5, 0.6) is 0 Å². The predicted molar refractivity (Wildman–Crippen MR) is 108 cm³/mol. The van der Waals surface area contributed by atoms with E-state index in [2.05, 4.69) is 5.43 Å². The van der Waals surface area contributed by atoms with Gasteiger partial charge >= 0.3 is 29.8 Å². The van der Waals surface area contributed by atoms with E-state index in [1.165, 1.54) is 5.01 Å². The van der Waals surface area contributed by atoms with Crippen molar-refractivity contribution in [2.75, 3.05) is 58.9 Å². The number of rotatable bonds is 10. The third kappa shape index (κ3) is 15.9. The topological polar surface area (TPSA) is 234 Å². The highest BCUT2D eigenvalue weighted by Crippen LogP contribution is 1.97. The minimum absolute atomic E-state index is 0.0231. The molecule has 1 rings (SSSR count). The maximum Gasteiger partial charge on any atom is 0.320 e. The van der Waals surface area contributed by atoms with Crippen LogP contribution in [0.3, 0.4) is 0 Å². The summed E-state index contributed by atoms with van der Waals surface area (Å²) in [6.07, 6.45) is -0.224. The number of carboxylic acids is 5. The van der Waals surface area contributed by atoms with Crippen molar-refractivity contribution >= 4 is 29.8 Å². The van der Waals surface area contributed by atoms with Gasteiger partial charge in [0.15, 0.2) is 0 Å². The molecule has 15 nitrogen and oxygen atoms in total. The van der Waals surface area contributed by atoms with Crippen molar-refractivity contribution in [2.24, 2.45) is 5.73 Å². The molecule has 8 N–H and O–H groups in total. The molecular formula is C17H31N5O10. The smallest absolute Gasteiger partial charge is 0.320 e. The van der Waals surface area contributed by atoms with E-state index in [0.717, 1.165) is 0 Å². The second-order valence-corrected chi connectivity index (χ2v) is 6.94. The number of carbonyl (C=O) groups is 5. The molecule has 0 bridgehead atoms. The lowest BCUT2D eigenvalue weighted by Crippen LogP contribution is -2.52. The summed E-state index contributed by atoms with van der Waals surface area (Å²) < 4.78 is 0. The summed E-state index contributed by atoms with van der Waals surface area (Å²) in [6.45, 7) is 1.97. The quantitative estimate of drug-likeness (QED) is 0.169. The van der Waals surface area contributed by atoms with Crippen LogP contribution in [0.25, 0.3) is 0 Å². The number of nitrogens with zero attached hydrogens (tertiary/aromatic N) is 3. The van der Waals surface area contributed by atoms with Crippen molar-refractivity contribution in [3.8, 4) is 0 Å². The van der Waals surface area contributed by atoms with Gasteiger partial charge in [-0.05, 0) is 6.42 Å². The van der Waals surface area contributed by atoms with E-state index in [4.69, 9.17) is 31.3 Å². The molecule has 0 unspecified atom stereocenters. The van der Waals surface area contributed by atoms with Gasteiger partial charge in [0.25, 0.3) is 0 Å². The highest BCUT2D eigenvalue weighted by Gasteiger charge is 2.18. The molecule has 184 valence electrons. The number of hydrogen-bond acceptors (Lipinski definition) is 10. The molecule has 0 radical (unpaired) electrons. The zero-order chi connectivity index (χ0) is 24.7. The van der Waals surface area contributed by atoms with Gasteiger partial charge in [0.1, 0.15) is 12.6 Å². The Labute approximate surface area is 183 Å². The van der Waals surface area contributed by atoms with Gasteiger partial charge in [-0.1, -0.05) is 0 Å². The molecule has 1 aliphatic rings. The second kappa shape index (κ2) is 15.9. The van der Waals surface area contributed by atoms with E-state index in [9.17, 15) is 24.0 Å². The van der Waals surface area contributed by atoms with Crippen LogP contribution in [-0.4, -0.2) is 135 Å². The van der Waals surface area contributed by atoms with Gasteiger partial charge in [-0.2, -0.15) is 0 Å². The van der Waals surface area contributed by atoms with Crippen molar-refractivity contribution < 1.29 is 49.5 Å². The number of carboxylic acid groups (broad SMARTS) is 5. The summed E-state index contributed by atoms with van der Waals surface area (Å²) in [6, 6.07) is -1.06. The van der Waals surface area contributed by atoms with Crippen LogP contribution in [0.4, 0.5) is 0 Å². The largest absolute Gasteiger partial charge is 0.481 e. The zero-order valence-electron chi connectivity index (χ0n) is 17.6. The molecule has 1 heterocycles. The molecule has 0 spiro atoms. The molecule has 0 saturated carbocycles. The molecule has 1 atom stereocenters. The van der Waals surface area contributed by atoms with Gasteiger partial charge in [-0.15, -0.1) is 0 Å². The highest BCUT2D eigenvalue weighted by atomic mass is 16.4. The van der Waals surface area contributed by atoms with Crippen LogP contribution >= 0.6 is 0 Å². The Bertz CT molecular complexity index is 619. The normalized spacial score (nSPS) is 17.4. The van der Waals surface area contributed by atoms with Crippen molar-refractivity contribution in [3.05, 3.63) is 0 Å². The molecule has 32 heavy (non-hydrogen) atoms. The van der Waals surface area contributed by atoms with Gasteiger partial charge < -0.3 is 31.3 Å². The Kier molecular flexibility index (Phi) is 14.5. The lowest BCUT2D eigenvalue weighted by atomic mass is 10.2. The first-order valence-corrected chi connectivity index (χ1v) is 9.69. The minimum atomic E-state index is -1.17. The SMILES string of the molecule is N[C@@H](CCC(=O)O)C(=O)O.O=C(O)CN1CCNN(CC(=O)O)CCN(CC(=O)O)CC1. The Morgan fingerprint density at radius 2 is 1.19 bits per heavy atom. The molecule has 15 heteroatoms. The van der Waals surface area contributed by atoms with Crippen LogP contribution in [-0.2, 0) is 24.0 Å². The fourth-order valence-corrected chi connectivity index (χ4v) is 2.61. The molecule has 0 aromatic heterocycles.